The highest BCUT2D eigenvalue weighted by Gasteiger charge is 2.26. The lowest BCUT2D eigenvalue weighted by molar-refractivity contribution is -0.384. The molecule has 1 aliphatic rings. The van der Waals surface area contributed by atoms with Crippen LogP contribution in [0.1, 0.15) is 24.8 Å². The number of methoxy groups -OCH3 is 1. The predicted octanol–water partition coefficient (Wildman–Crippen LogP) is 3.23. The van der Waals surface area contributed by atoms with Crippen molar-refractivity contribution in [3.63, 3.8) is 0 Å². The van der Waals surface area contributed by atoms with Gasteiger partial charge in [0.15, 0.2) is 0 Å². The Kier molecular flexibility index (Phi) is 6.14. The third-order valence-corrected chi connectivity index (χ3v) is 6.56. The second kappa shape index (κ2) is 8.58. The normalized spacial score (nSPS) is 15.5. The van der Waals surface area contributed by atoms with Gasteiger partial charge in [-0.25, -0.2) is 8.42 Å². The average molecular weight is 419 g/mol. The van der Waals surface area contributed by atoms with Crippen molar-refractivity contribution in [1.29, 1.82) is 0 Å². The van der Waals surface area contributed by atoms with Crippen molar-refractivity contribution in [2.24, 2.45) is 4.99 Å². The number of piperidine rings is 1. The minimum atomic E-state index is -3.65. The van der Waals surface area contributed by atoms with E-state index in [0.29, 0.717) is 18.8 Å². The van der Waals surface area contributed by atoms with Crippen LogP contribution in [-0.2, 0) is 10.0 Å². The van der Waals surface area contributed by atoms with Crippen molar-refractivity contribution in [3.8, 4) is 11.5 Å². The Bertz CT molecular complexity index is 1050. The van der Waals surface area contributed by atoms with Crippen LogP contribution in [0.25, 0.3) is 0 Å². The van der Waals surface area contributed by atoms with Gasteiger partial charge in [0.1, 0.15) is 17.2 Å². The molecule has 0 aliphatic carbocycles. The monoisotopic (exact) mass is 419 g/mol. The van der Waals surface area contributed by atoms with Crippen molar-refractivity contribution < 1.29 is 23.2 Å². The molecule has 0 aromatic heterocycles. The Morgan fingerprint density at radius 2 is 1.90 bits per heavy atom. The minimum absolute atomic E-state index is 0.0932. The summed E-state index contributed by atoms with van der Waals surface area (Å²) in [4.78, 5) is 14.7. The summed E-state index contributed by atoms with van der Waals surface area (Å²) in [6, 6.07) is 7.93. The van der Waals surface area contributed by atoms with Crippen molar-refractivity contribution in [2.75, 3.05) is 20.2 Å². The molecule has 1 saturated heterocycles. The van der Waals surface area contributed by atoms with E-state index in [4.69, 9.17) is 4.74 Å². The Balaban J connectivity index is 1.97. The van der Waals surface area contributed by atoms with E-state index < -0.39 is 14.9 Å². The highest BCUT2D eigenvalue weighted by Crippen LogP contribution is 2.32. The molecule has 9 nitrogen and oxygen atoms in total. The molecule has 0 radical (unpaired) electrons. The minimum Gasteiger partial charge on any atom is -0.507 e. The van der Waals surface area contributed by atoms with E-state index in [2.05, 4.69) is 4.99 Å². The first-order valence-electron chi connectivity index (χ1n) is 9.02. The molecule has 10 heteroatoms. The van der Waals surface area contributed by atoms with Crippen molar-refractivity contribution in [3.05, 3.63) is 52.1 Å². The largest absolute Gasteiger partial charge is 0.507 e. The summed E-state index contributed by atoms with van der Waals surface area (Å²) >= 11 is 0. The van der Waals surface area contributed by atoms with Crippen LogP contribution in [0.15, 0.2) is 46.3 Å². The topological polar surface area (TPSA) is 122 Å². The number of sulfonamides is 1. The summed E-state index contributed by atoms with van der Waals surface area (Å²) in [7, 11) is -2.22. The number of phenols is 1. The zero-order chi connectivity index (χ0) is 21.0. The number of ether oxygens (including phenoxy) is 1. The fourth-order valence-corrected chi connectivity index (χ4v) is 4.62. The van der Waals surface area contributed by atoms with Gasteiger partial charge in [-0.05, 0) is 37.1 Å². The van der Waals surface area contributed by atoms with Crippen LogP contribution in [0.3, 0.4) is 0 Å². The lowest BCUT2D eigenvalue weighted by Gasteiger charge is -2.26. The molecule has 2 aromatic carbocycles. The Hall–Kier alpha value is -2.98. The van der Waals surface area contributed by atoms with Crippen LogP contribution in [0.5, 0.6) is 11.5 Å². The van der Waals surface area contributed by atoms with Gasteiger partial charge >= 0.3 is 0 Å². The quantitative estimate of drug-likeness (QED) is 0.436. The standard InChI is InChI=1S/C19H21N3O6S/c1-28-19-8-6-16(29(26,27)21-9-3-2-4-10-21)12-17(19)20-13-14-11-15(22(24)25)5-7-18(14)23/h5-8,11-13,23H,2-4,9-10H2,1H3. The molecule has 0 saturated carbocycles. The number of nitrogens with zero attached hydrogens (tertiary/aromatic N) is 3. The molecule has 0 bridgehead atoms. The van der Waals surface area contributed by atoms with Crippen LogP contribution in [-0.4, -0.2) is 49.2 Å². The van der Waals surface area contributed by atoms with Crippen LogP contribution < -0.4 is 4.74 Å². The third kappa shape index (κ3) is 4.54. The maximum Gasteiger partial charge on any atom is 0.270 e. The number of rotatable bonds is 6. The van der Waals surface area contributed by atoms with E-state index in [-0.39, 0.29) is 27.6 Å². The summed E-state index contributed by atoms with van der Waals surface area (Å²) in [5.74, 6) is 0.152. The number of benzene rings is 2. The highest BCUT2D eigenvalue weighted by atomic mass is 32.2. The van der Waals surface area contributed by atoms with Crippen molar-refractivity contribution >= 4 is 27.6 Å². The number of phenolic OH excluding ortho intramolecular Hbond substituents is 1. The molecular weight excluding hydrogens is 398 g/mol. The number of aliphatic imine (C=N–C) groups is 1. The molecule has 0 unspecified atom stereocenters. The van der Waals surface area contributed by atoms with Gasteiger partial charge in [0, 0.05) is 37.0 Å². The molecule has 1 heterocycles. The predicted molar refractivity (Wildman–Crippen MR) is 108 cm³/mol. The second-order valence-corrected chi connectivity index (χ2v) is 8.49. The zero-order valence-corrected chi connectivity index (χ0v) is 16.6. The number of hydrogen-bond acceptors (Lipinski definition) is 7. The second-order valence-electron chi connectivity index (χ2n) is 6.56. The van der Waals surface area contributed by atoms with Crippen molar-refractivity contribution in [2.45, 2.75) is 24.2 Å². The Labute approximate surface area is 168 Å². The third-order valence-electron chi connectivity index (χ3n) is 4.67. The Morgan fingerprint density at radius 1 is 1.17 bits per heavy atom. The van der Waals surface area contributed by atoms with Gasteiger partial charge in [-0.15, -0.1) is 0 Å². The van der Waals surface area contributed by atoms with Crippen molar-refractivity contribution in [1.82, 2.24) is 4.31 Å². The van der Waals surface area contributed by atoms with Crippen LogP contribution in [0, 0.1) is 10.1 Å². The molecule has 1 fully saturated rings. The van der Waals surface area contributed by atoms with E-state index >= 15 is 0 Å². The molecule has 1 N–H and O–H groups in total. The van der Waals surface area contributed by atoms with Gasteiger partial charge < -0.3 is 9.84 Å². The van der Waals surface area contributed by atoms with Crippen LogP contribution in [0.2, 0.25) is 0 Å². The zero-order valence-electron chi connectivity index (χ0n) is 15.8. The smallest absolute Gasteiger partial charge is 0.270 e. The molecule has 1 aliphatic heterocycles. The highest BCUT2D eigenvalue weighted by molar-refractivity contribution is 7.89. The number of nitro benzene ring substituents is 1. The average Bonchev–Trinajstić information content (AvgIpc) is 2.73. The van der Waals surface area contributed by atoms with Gasteiger partial charge in [0.2, 0.25) is 10.0 Å². The fraction of sp³-hybridized carbons (Fsp3) is 0.316. The number of aromatic hydroxyl groups is 1. The number of nitro groups is 1. The lowest BCUT2D eigenvalue weighted by Crippen LogP contribution is -2.35. The summed E-state index contributed by atoms with van der Waals surface area (Å²) in [6.45, 7) is 0.961. The summed E-state index contributed by atoms with van der Waals surface area (Å²) in [6.07, 6.45) is 3.90. The summed E-state index contributed by atoms with van der Waals surface area (Å²) < 4.78 is 32.5. The first-order chi connectivity index (χ1) is 13.8. The van der Waals surface area contributed by atoms with E-state index in [1.807, 2.05) is 0 Å². The summed E-state index contributed by atoms with van der Waals surface area (Å²) in [5, 5.41) is 20.9. The molecule has 29 heavy (non-hydrogen) atoms. The first-order valence-corrected chi connectivity index (χ1v) is 10.5. The van der Waals surface area contributed by atoms with Crippen LogP contribution >= 0.6 is 0 Å². The molecule has 0 atom stereocenters. The van der Waals surface area contributed by atoms with E-state index in [9.17, 15) is 23.6 Å². The van der Waals surface area contributed by atoms with Gasteiger partial charge in [-0.2, -0.15) is 4.31 Å². The molecule has 0 amide bonds. The number of hydrogen-bond donors (Lipinski definition) is 1. The number of non-ortho nitro benzene ring substituents is 1. The van der Waals surface area contributed by atoms with Crippen LogP contribution in [0.4, 0.5) is 11.4 Å². The maximum absolute atomic E-state index is 12.9. The SMILES string of the molecule is COc1ccc(S(=O)(=O)N2CCCCC2)cc1N=Cc1cc([N+](=O)[O-])ccc1O. The van der Waals surface area contributed by atoms with Gasteiger partial charge in [-0.1, -0.05) is 6.42 Å². The molecule has 3 rings (SSSR count). The van der Waals surface area contributed by atoms with Gasteiger partial charge in [0.05, 0.1) is 16.9 Å². The lowest BCUT2D eigenvalue weighted by atomic mass is 10.2. The van der Waals surface area contributed by atoms with Gasteiger partial charge in [-0.3, -0.25) is 15.1 Å². The Morgan fingerprint density at radius 3 is 2.55 bits per heavy atom. The molecule has 154 valence electrons. The van der Waals surface area contributed by atoms with E-state index in [1.165, 1.54) is 54.0 Å². The van der Waals surface area contributed by atoms with E-state index in [1.54, 1.807) is 0 Å². The van der Waals surface area contributed by atoms with E-state index in [0.717, 1.165) is 19.3 Å². The molecule has 0 spiro atoms. The first kappa shape index (κ1) is 20.7. The maximum atomic E-state index is 12.9. The molecular formula is C19H21N3O6S. The molecule has 2 aromatic rings. The van der Waals surface area contributed by atoms with Gasteiger partial charge in [0.25, 0.3) is 5.69 Å². The fourth-order valence-electron chi connectivity index (χ4n) is 3.08. The summed E-state index contributed by atoms with van der Waals surface area (Å²) in [5.41, 5.74) is 0.166.